The van der Waals surface area contributed by atoms with Crippen LogP contribution in [0.5, 0.6) is 0 Å². The van der Waals surface area contributed by atoms with Gasteiger partial charge in [-0.1, -0.05) is 6.07 Å². The Morgan fingerprint density at radius 3 is 3.00 bits per heavy atom. The number of imidazole rings is 1. The van der Waals surface area contributed by atoms with Crippen LogP contribution in [-0.4, -0.2) is 39.0 Å². The summed E-state index contributed by atoms with van der Waals surface area (Å²) in [5.41, 5.74) is 7.62. The van der Waals surface area contributed by atoms with E-state index in [9.17, 15) is 4.79 Å². The number of likely N-dealkylation sites (tertiary alicyclic amines) is 1. The van der Waals surface area contributed by atoms with Crippen molar-refractivity contribution in [3.8, 4) is 5.69 Å². The van der Waals surface area contributed by atoms with Crippen LogP contribution < -0.4 is 5.73 Å². The number of nitrogens with zero attached hydrogens (tertiary/aromatic N) is 3. The number of hydrogen-bond donors (Lipinski definition) is 1. The first-order chi connectivity index (χ1) is 10.1. The van der Waals surface area contributed by atoms with Crippen molar-refractivity contribution in [3.05, 3.63) is 48.5 Å². The van der Waals surface area contributed by atoms with Crippen LogP contribution in [0.15, 0.2) is 43.0 Å². The molecule has 110 valence electrons. The first-order valence-corrected chi connectivity index (χ1v) is 7.30. The van der Waals surface area contributed by atoms with Gasteiger partial charge in [-0.25, -0.2) is 4.98 Å². The molecule has 2 aromatic rings. The van der Waals surface area contributed by atoms with Crippen LogP contribution in [0.3, 0.4) is 0 Å². The van der Waals surface area contributed by atoms with Crippen LogP contribution >= 0.6 is 0 Å². The van der Waals surface area contributed by atoms with Crippen molar-refractivity contribution in [3.63, 3.8) is 0 Å². The molecule has 1 aliphatic heterocycles. The summed E-state index contributed by atoms with van der Waals surface area (Å²) in [7, 11) is 0. The fourth-order valence-electron chi connectivity index (χ4n) is 2.89. The number of amides is 1. The predicted octanol–water partition coefficient (Wildman–Crippen LogP) is 1.82. The molecule has 3 rings (SSSR count). The minimum absolute atomic E-state index is 0.0800. The number of nitrogens with two attached hydrogens (primary N) is 1. The summed E-state index contributed by atoms with van der Waals surface area (Å²) in [6.45, 7) is 2.80. The molecule has 1 aromatic carbocycles. The van der Waals surface area contributed by atoms with Gasteiger partial charge in [0.1, 0.15) is 0 Å². The van der Waals surface area contributed by atoms with E-state index in [1.54, 1.807) is 12.5 Å². The van der Waals surface area contributed by atoms with Crippen LogP contribution in [0.25, 0.3) is 5.69 Å². The zero-order valence-electron chi connectivity index (χ0n) is 12.1. The first-order valence-electron chi connectivity index (χ1n) is 7.30. The van der Waals surface area contributed by atoms with Crippen molar-refractivity contribution in [1.29, 1.82) is 0 Å². The lowest BCUT2D eigenvalue weighted by molar-refractivity contribution is 0.0619. The van der Waals surface area contributed by atoms with E-state index in [1.807, 2.05) is 39.9 Å². The third kappa shape index (κ3) is 2.83. The van der Waals surface area contributed by atoms with Crippen molar-refractivity contribution in [2.75, 3.05) is 6.54 Å². The second-order valence-electron chi connectivity index (χ2n) is 5.65. The van der Waals surface area contributed by atoms with E-state index in [1.165, 1.54) is 0 Å². The van der Waals surface area contributed by atoms with E-state index in [0.717, 1.165) is 25.1 Å². The molecule has 2 N–H and O–H groups in total. The van der Waals surface area contributed by atoms with Crippen LogP contribution in [-0.2, 0) is 0 Å². The highest BCUT2D eigenvalue weighted by atomic mass is 16.2. The monoisotopic (exact) mass is 284 g/mol. The average Bonchev–Trinajstić information content (AvgIpc) is 3.01. The van der Waals surface area contributed by atoms with Gasteiger partial charge >= 0.3 is 0 Å². The second-order valence-corrected chi connectivity index (χ2v) is 5.65. The molecule has 1 aromatic heterocycles. The quantitative estimate of drug-likeness (QED) is 0.915. The summed E-state index contributed by atoms with van der Waals surface area (Å²) < 4.78 is 1.90. The zero-order valence-corrected chi connectivity index (χ0v) is 12.1. The van der Waals surface area contributed by atoms with E-state index in [2.05, 4.69) is 11.9 Å². The molecule has 0 bridgehead atoms. The van der Waals surface area contributed by atoms with Crippen LogP contribution in [0.4, 0.5) is 0 Å². The van der Waals surface area contributed by atoms with E-state index in [4.69, 9.17) is 5.73 Å². The van der Waals surface area contributed by atoms with Crippen molar-refractivity contribution < 1.29 is 4.79 Å². The molecule has 5 nitrogen and oxygen atoms in total. The molecule has 1 aliphatic rings. The van der Waals surface area contributed by atoms with Crippen molar-refractivity contribution >= 4 is 5.91 Å². The van der Waals surface area contributed by atoms with E-state index >= 15 is 0 Å². The summed E-state index contributed by atoms with van der Waals surface area (Å²) in [6, 6.07) is 8.05. The number of hydrogen-bond acceptors (Lipinski definition) is 3. The van der Waals surface area contributed by atoms with Gasteiger partial charge in [-0.05, 0) is 38.0 Å². The van der Waals surface area contributed by atoms with Gasteiger partial charge in [0.25, 0.3) is 5.91 Å². The van der Waals surface area contributed by atoms with Crippen LogP contribution in [0, 0.1) is 0 Å². The SMILES string of the molecule is C[C@@H]1C[C@@H](N)CCN1C(=O)c1cccc(-n2ccnc2)c1. The molecule has 2 heterocycles. The van der Waals surface area contributed by atoms with E-state index < -0.39 is 0 Å². The summed E-state index contributed by atoms with van der Waals surface area (Å²) in [4.78, 5) is 18.7. The number of carbonyl (C=O) groups is 1. The Balaban J connectivity index is 1.83. The first kappa shape index (κ1) is 13.8. The topological polar surface area (TPSA) is 64.2 Å². The Kier molecular flexibility index (Phi) is 3.75. The van der Waals surface area contributed by atoms with Crippen molar-refractivity contribution in [1.82, 2.24) is 14.5 Å². The third-order valence-electron chi connectivity index (χ3n) is 4.07. The average molecular weight is 284 g/mol. The number of aromatic nitrogens is 2. The van der Waals surface area contributed by atoms with Gasteiger partial charge in [0.15, 0.2) is 0 Å². The fourth-order valence-corrected chi connectivity index (χ4v) is 2.89. The van der Waals surface area contributed by atoms with Crippen LogP contribution in [0.2, 0.25) is 0 Å². The van der Waals surface area contributed by atoms with E-state index in [-0.39, 0.29) is 18.0 Å². The number of carbonyl (C=O) groups excluding carboxylic acids is 1. The maximum atomic E-state index is 12.7. The molecule has 2 atom stereocenters. The third-order valence-corrected chi connectivity index (χ3v) is 4.07. The zero-order chi connectivity index (χ0) is 14.8. The van der Waals surface area contributed by atoms with Gasteiger partial charge in [0.05, 0.1) is 6.33 Å². The molecule has 1 saturated heterocycles. The van der Waals surface area contributed by atoms with Crippen LogP contribution in [0.1, 0.15) is 30.1 Å². The molecule has 1 amide bonds. The Hall–Kier alpha value is -2.14. The minimum atomic E-state index is 0.0800. The number of piperidine rings is 1. The summed E-state index contributed by atoms with van der Waals surface area (Å²) >= 11 is 0. The highest BCUT2D eigenvalue weighted by Crippen LogP contribution is 2.20. The Morgan fingerprint density at radius 1 is 1.43 bits per heavy atom. The Morgan fingerprint density at radius 2 is 2.29 bits per heavy atom. The highest BCUT2D eigenvalue weighted by Gasteiger charge is 2.27. The predicted molar refractivity (Wildman–Crippen MR) is 81.3 cm³/mol. The normalized spacial score (nSPS) is 22.3. The maximum absolute atomic E-state index is 12.7. The smallest absolute Gasteiger partial charge is 0.254 e. The molecular weight excluding hydrogens is 264 g/mol. The van der Waals surface area contributed by atoms with Crippen molar-refractivity contribution in [2.24, 2.45) is 5.73 Å². The fraction of sp³-hybridized carbons (Fsp3) is 0.375. The lowest BCUT2D eigenvalue weighted by Crippen LogP contribution is -2.48. The maximum Gasteiger partial charge on any atom is 0.254 e. The standard InChI is InChI=1S/C16H20N4O/c1-12-9-14(17)5-7-20(12)16(21)13-3-2-4-15(10-13)19-8-6-18-11-19/h2-4,6,8,10-12,14H,5,7,9,17H2,1H3/t12-,14+/m1/s1. The molecule has 21 heavy (non-hydrogen) atoms. The molecule has 0 aliphatic carbocycles. The lowest BCUT2D eigenvalue weighted by Gasteiger charge is -2.36. The number of benzene rings is 1. The molecular formula is C16H20N4O. The van der Waals surface area contributed by atoms with E-state index in [0.29, 0.717) is 5.56 Å². The minimum Gasteiger partial charge on any atom is -0.336 e. The Labute approximate surface area is 124 Å². The second kappa shape index (κ2) is 5.69. The highest BCUT2D eigenvalue weighted by molar-refractivity contribution is 5.95. The van der Waals surface area contributed by atoms with Gasteiger partial charge in [0.2, 0.25) is 0 Å². The molecule has 0 saturated carbocycles. The molecule has 5 heteroatoms. The summed E-state index contributed by atoms with van der Waals surface area (Å²) in [6.07, 6.45) is 7.06. The van der Waals surface area contributed by atoms with Crippen molar-refractivity contribution in [2.45, 2.75) is 31.8 Å². The molecule has 1 fully saturated rings. The summed E-state index contributed by atoms with van der Waals surface area (Å²) in [5, 5.41) is 0. The Bertz CT molecular complexity index is 623. The lowest BCUT2D eigenvalue weighted by atomic mass is 9.98. The molecule has 0 spiro atoms. The largest absolute Gasteiger partial charge is 0.336 e. The summed E-state index contributed by atoms with van der Waals surface area (Å²) in [5.74, 6) is 0.0800. The molecule has 0 unspecified atom stereocenters. The van der Waals surface area contributed by atoms with Gasteiger partial charge < -0.3 is 15.2 Å². The van der Waals surface area contributed by atoms with Gasteiger partial charge in [-0.2, -0.15) is 0 Å². The van der Waals surface area contributed by atoms with Gasteiger partial charge in [-0.3, -0.25) is 4.79 Å². The van der Waals surface area contributed by atoms with Gasteiger partial charge in [0, 0.05) is 42.3 Å². The number of rotatable bonds is 2. The van der Waals surface area contributed by atoms with Gasteiger partial charge in [-0.15, -0.1) is 0 Å². The molecule has 0 radical (unpaired) electrons.